The summed E-state index contributed by atoms with van der Waals surface area (Å²) in [7, 11) is 1.73. The summed E-state index contributed by atoms with van der Waals surface area (Å²) in [4.78, 5) is 17.6. The molecule has 0 atom stereocenters. The van der Waals surface area contributed by atoms with Crippen LogP contribution in [0.2, 0.25) is 0 Å². The van der Waals surface area contributed by atoms with Gasteiger partial charge in [0.15, 0.2) is 0 Å². The molecule has 1 saturated heterocycles. The number of nitrogens with zero attached hydrogens (tertiary/aromatic N) is 1. The van der Waals surface area contributed by atoms with E-state index in [1.807, 2.05) is 18.2 Å². The van der Waals surface area contributed by atoms with Crippen molar-refractivity contribution in [2.24, 2.45) is 5.41 Å². The second kappa shape index (κ2) is 11.6. The molecule has 3 rings (SSSR count). The zero-order valence-electron chi connectivity index (χ0n) is 15.4. The van der Waals surface area contributed by atoms with Gasteiger partial charge in [-0.2, -0.15) is 0 Å². The third-order valence-electron chi connectivity index (χ3n) is 4.71. The number of carbonyl (C=O) groups excluding carboxylic acids is 1. The molecule has 2 heterocycles. The fraction of sp³-hybridized carbons (Fsp3) is 0.474. The number of thiazole rings is 1. The van der Waals surface area contributed by atoms with Crippen LogP contribution >= 0.6 is 36.2 Å². The molecule has 8 heteroatoms. The molecule has 2 aromatic rings. The van der Waals surface area contributed by atoms with E-state index in [9.17, 15) is 4.79 Å². The number of amides is 1. The van der Waals surface area contributed by atoms with Gasteiger partial charge in [0.05, 0.1) is 17.8 Å². The fourth-order valence-electron chi connectivity index (χ4n) is 3.26. The van der Waals surface area contributed by atoms with E-state index >= 15 is 0 Å². The Kier molecular flexibility index (Phi) is 10.3. The minimum absolute atomic E-state index is 0. The maximum absolute atomic E-state index is 12.5. The number of ether oxygens (including phenoxy) is 1. The summed E-state index contributed by atoms with van der Waals surface area (Å²) in [6, 6.07) is 10.2. The minimum Gasteiger partial charge on any atom is -0.384 e. The molecular weight excluding hydrogens is 405 g/mol. The Bertz CT molecular complexity index is 686. The molecule has 27 heavy (non-hydrogen) atoms. The maximum atomic E-state index is 12.5. The van der Waals surface area contributed by atoms with Crippen molar-refractivity contribution in [1.29, 1.82) is 0 Å². The Morgan fingerprint density at radius 2 is 1.96 bits per heavy atom. The maximum Gasteiger partial charge on any atom is 0.263 e. The lowest BCUT2D eigenvalue weighted by atomic mass is 9.79. The first-order valence-corrected chi connectivity index (χ1v) is 9.49. The number of nitrogens with one attached hydrogen (secondary N) is 2. The normalized spacial score (nSPS) is 15.3. The minimum atomic E-state index is -0.0363. The van der Waals surface area contributed by atoms with Gasteiger partial charge in [-0.05, 0) is 31.5 Å². The molecule has 1 aromatic heterocycles. The van der Waals surface area contributed by atoms with Crippen molar-refractivity contribution in [1.82, 2.24) is 15.6 Å². The summed E-state index contributed by atoms with van der Waals surface area (Å²) in [5.41, 5.74) is 1.24. The summed E-state index contributed by atoms with van der Waals surface area (Å²) < 4.78 is 5.40. The predicted molar refractivity (Wildman–Crippen MR) is 115 cm³/mol. The van der Waals surface area contributed by atoms with Crippen LogP contribution in [-0.4, -0.2) is 44.2 Å². The van der Waals surface area contributed by atoms with Crippen LogP contribution in [0.15, 0.2) is 36.5 Å². The first-order valence-electron chi connectivity index (χ1n) is 8.67. The van der Waals surface area contributed by atoms with Crippen molar-refractivity contribution in [3.05, 3.63) is 52.0 Å². The second-order valence-corrected chi connectivity index (χ2v) is 7.76. The summed E-state index contributed by atoms with van der Waals surface area (Å²) in [5.74, 6) is -0.0363. The Morgan fingerprint density at radius 1 is 1.26 bits per heavy atom. The number of rotatable bonds is 7. The number of hydrogen-bond acceptors (Lipinski definition) is 5. The number of carbonyl (C=O) groups is 1. The quantitative estimate of drug-likeness (QED) is 0.705. The molecule has 1 fully saturated rings. The van der Waals surface area contributed by atoms with Crippen LogP contribution in [-0.2, 0) is 11.2 Å². The zero-order chi connectivity index (χ0) is 17.5. The lowest BCUT2D eigenvalue weighted by Crippen LogP contribution is -2.47. The number of methoxy groups -OCH3 is 1. The molecule has 0 spiro atoms. The van der Waals surface area contributed by atoms with Crippen LogP contribution < -0.4 is 10.6 Å². The number of aromatic nitrogens is 1. The van der Waals surface area contributed by atoms with Crippen molar-refractivity contribution < 1.29 is 9.53 Å². The van der Waals surface area contributed by atoms with Crippen molar-refractivity contribution in [3.63, 3.8) is 0 Å². The second-order valence-electron chi connectivity index (χ2n) is 6.65. The lowest BCUT2D eigenvalue weighted by Gasteiger charge is -2.37. The molecule has 2 N–H and O–H groups in total. The SMILES string of the molecule is COCC1(CNC(=O)c2cnc(Cc3ccccc3)s2)CCNCC1.Cl.Cl. The summed E-state index contributed by atoms with van der Waals surface area (Å²) >= 11 is 1.47. The third-order valence-corrected chi connectivity index (χ3v) is 5.71. The monoisotopic (exact) mass is 431 g/mol. The van der Waals surface area contributed by atoms with Gasteiger partial charge in [0.1, 0.15) is 4.88 Å². The Balaban J connectivity index is 0.00000182. The Hall–Kier alpha value is -1.18. The zero-order valence-corrected chi connectivity index (χ0v) is 17.9. The van der Waals surface area contributed by atoms with Gasteiger partial charge < -0.3 is 15.4 Å². The van der Waals surface area contributed by atoms with Gasteiger partial charge in [-0.15, -0.1) is 36.2 Å². The van der Waals surface area contributed by atoms with Crippen LogP contribution in [0.1, 0.15) is 33.1 Å². The first-order chi connectivity index (χ1) is 12.2. The first kappa shape index (κ1) is 23.9. The summed E-state index contributed by atoms with van der Waals surface area (Å²) in [6.45, 7) is 3.27. The van der Waals surface area contributed by atoms with E-state index in [-0.39, 0.29) is 36.1 Å². The van der Waals surface area contributed by atoms with Crippen LogP contribution in [0.5, 0.6) is 0 Å². The highest BCUT2D eigenvalue weighted by Gasteiger charge is 2.32. The van der Waals surface area contributed by atoms with E-state index in [4.69, 9.17) is 4.74 Å². The lowest BCUT2D eigenvalue weighted by molar-refractivity contribution is 0.0512. The summed E-state index contributed by atoms with van der Waals surface area (Å²) in [6.07, 6.45) is 4.48. The van der Waals surface area contributed by atoms with Crippen LogP contribution in [0.3, 0.4) is 0 Å². The molecular formula is C19H27Cl2N3O2S. The number of piperidine rings is 1. The highest BCUT2D eigenvalue weighted by molar-refractivity contribution is 7.13. The molecule has 1 aliphatic heterocycles. The Morgan fingerprint density at radius 3 is 2.63 bits per heavy atom. The fourth-order valence-corrected chi connectivity index (χ4v) is 4.13. The van der Waals surface area contributed by atoms with Gasteiger partial charge in [0, 0.05) is 25.5 Å². The van der Waals surface area contributed by atoms with Gasteiger partial charge in [-0.1, -0.05) is 30.3 Å². The highest BCUT2D eigenvalue weighted by Crippen LogP contribution is 2.28. The van der Waals surface area contributed by atoms with E-state index in [0.717, 1.165) is 37.4 Å². The van der Waals surface area contributed by atoms with Gasteiger partial charge in [-0.25, -0.2) is 4.98 Å². The van der Waals surface area contributed by atoms with Crippen LogP contribution in [0, 0.1) is 5.41 Å². The van der Waals surface area contributed by atoms with Gasteiger partial charge in [0.2, 0.25) is 0 Å². The summed E-state index contributed by atoms with van der Waals surface area (Å²) in [5, 5.41) is 7.43. The number of benzene rings is 1. The van der Waals surface area contributed by atoms with Crippen molar-refractivity contribution in [2.75, 3.05) is 33.4 Å². The molecule has 150 valence electrons. The van der Waals surface area contributed by atoms with Crippen molar-refractivity contribution >= 4 is 42.1 Å². The smallest absolute Gasteiger partial charge is 0.263 e. The average molecular weight is 432 g/mol. The van der Waals surface area contributed by atoms with Crippen molar-refractivity contribution in [3.8, 4) is 0 Å². The molecule has 5 nitrogen and oxygen atoms in total. The topological polar surface area (TPSA) is 63.2 Å². The third kappa shape index (κ3) is 6.73. The van der Waals surface area contributed by atoms with Crippen molar-refractivity contribution in [2.45, 2.75) is 19.3 Å². The standard InChI is InChI=1S/C19H25N3O2S.2ClH/c1-24-14-19(7-9-20-10-8-19)13-22-18(23)16-12-21-17(25-16)11-15-5-3-2-4-6-15;;/h2-6,12,20H,7-11,13-14H2,1H3,(H,22,23);2*1H. The molecule has 1 amide bonds. The molecule has 1 aromatic carbocycles. The Labute approximate surface area is 177 Å². The molecule has 0 radical (unpaired) electrons. The van der Waals surface area contributed by atoms with Gasteiger partial charge in [-0.3, -0.25) is 4.79 Å². The number of hydrogen-bond donors (Lipinski definition) is 2. The van der Waals surface area contributed by atoms with E-state index in [0.29, 0.717) is 18.0 Å². The van der Waals surface area contributed by atoms with Crippen LogP contribution in [0.25, 0.3) is 0 Å². The van der Waals surface area contributed by atoms with E-state index in [1.165, 1.54) is 16.9 Å². The predicted octanol–water partition coefficient (Wildman–Crippen LogP) is 3.32. The molecule has 1 aliphatic rings. The molecule has 0 unspecified atom stereocenters. The average Bonchev–Trinajstić information content (AvgIpc) is 3.10. The molecule has 0 aliphatic carbocycles. The number of halogens is 2. The van der Waals surface area contributed by atoms with Gasteiger partial charge >= 0.3 is 0 Å². The van der Waals surface area contributed by atoms with E-state index in [1.54, 1.807) is 13.3 Å². The highest BCUT2D eigenvalue weighted by atomic mass is 35.5. The van der Waals surface area contributed by atoms with Crippen LogP contribution in [0.4, 0.5) is 0 Å². The van der Waals surface area contributed by atoms with E-state index < -0.39 is 0 Å². The van der Waals surface area contributed by atoms with Gasteiger partial charge in [0.25, 0.3) is 5.91 Å². The van der Waals surface area contributed by atoms with E-state index in [2.05, 4.69) is 27.8 Å². The molecule has 0 saturated carbocycles. The molecule has 0 bridgehead atoms. The largest absolute Gasteiger partial charge is 0.384 e.